The van der Waals surface area contributed by atoms with Crippen LogP contribution in [0, 0.1) is 5.92 Å². The molecule has 0 aromatic carbocycles. The van der Waals surface area contributed by atoms with Gasteiger partial charge >= 0.3 is 6.09 Å². The minimum atomic E-state index is -0.785. The number of ether oxygens (including phenoxy) is 1. The smallest absolute Gasteiger partial charge is 0.417 e. The maximum absolute atomic E-state index is 12.0. The lowest BCUT2D eigenvalue weighted by atomic mass is 10.0. The Morgan fingerprint density at radius 1 is 1.50 bits per heavy atom. The average molecular weight is 257 g/mol. The van der Waals surface area contributed by atoms with Gasteiger partial charge in [-0.05, 0) is 33.1 Å². The first-order valence-electron chi connectivity index (χ1n) is 6.35. The number of likely N-dealkylation sites (tertiary alicyclic amines) is 1. The number of nitrogens with zero attached hydrogens (tertiary/aromatic N) is 1. The fourth-order valence-corrected chi connectivity index (χ4v) is 2.06. The van der Waals surface area contributed by atoms with Crippen molar-refractivity contribution in [1.82, 2.24) is 4.90 Å². The summed E-state index contributed by atoms with van der Waals surface area (Å²) < 4.78 is 5.21. The lowest BCUT2D eigenvalue weighted by Gasteiger charge is -2.29. The van der Waals surface area contributed by atoms with E-state index in [0.29, 0.717) is 12.3 Å². The van der Waals surface area contributed by atoms with Gasteiger partial charge in [0.25, 0.3) is 0 Å². The highest BCUT2D eigenvalue weighted by molar-refractivity contribution is 5.94. The van der Waals surface area contributed by atoms with E-state index in [0.717, 1.165) is 4.90 Å². The van der Waals surface area contributed by atoms with Gasteiger partial charge in [-0.2, -0.15) is 0 Å². The third-order valence-corrected chi connectivity index (χ3v) is 2.73. The predicted molar refractivity (Wildman–Crippen MR) is 66.9 cm³/mol. The molecule has 2 atom stereocenters. The Kier molecular flexibility index (Phi) is 4.37. The number of carbonyl (C=O) groups excluding carboxylic acids is 2. The third kappa shape index (κ3) is 3.70. The number of hydrogen-bond acceptors (Lipinski definition) is 4. The van der Waals surface area contributed by atoms with Gasteiger partial charge in [0.15, 0.2) is 0 Å². The van der Waals surface area contributed by atoms with Gasteiger partial charge in [-0.1, -0.05) is 13.8 Å². The molecule has 1 N–H and O–H groups in total. The summed E-state index contributed by atoms with van der Waals surface area (Å²) in [6.07, 6.45) is -0.856. The molecule has 1 aliphatic rings. The first kappa shape index (κ1) is 15.0. The fraction of sp³-hybridized carbons (Fsp3) is 0.846. The minimum absolute atomic E-state index is 0.00334. The number of aliphatic hydroxyl groups excluding tert-OH is 1. The monoisotopic (exact) mass is 257 g/mol. The number of carbonyl (C=O) groups is 2. The van der Waals surface area contributed by atoms with Gasteiger partial charge in [0, 0.05) is 0 Å². The van der Waals surface area contributed by atoms with Crippen LogP contribution in [-0.4, -0.2) is 39.8 Å². The van der Waals surface area contributed by atoms with Crippen molar-refractivity contribution < 1.29 is 19.4 Å². The number of aliphatic hydroxyl groups is 1. The first-order chi connectivity index (χ1) is 8.11. The van der Waals surface area contributed by atoms with E-state index in [4.69, 9.17) is 4.74 Å². The fourth-order valence-electron chi connectivity index (χ4n) is 2.06. The van der Waals surface area contributed by atoms with Crippen molar-refractivity contribution in [3.8, 4) is 0 Å². The van der Waals surface area contributed by atoms with Gasteiger partial charge in [0.1, 0.15) is 5.60 Å². The van der Waals surface area contributed by atoms with Crippen molar-refractivity contribution in [2.45, 2.75) is 65.2 Å². The van der Waals surface area contributed by atoms with E-state index in [-0.39, 0.29) is 12.3 Å². The zero-order valence-electron chi connectivity index (χ0n) is 11.8. The number of amides is 2. The Morgan fingerprint density at radius 3 is 2.50 bits per heavy atom. The molecule has 0 radical (unpaired) electrons. The van der Waals surface area contributed by atoms with Crippen LogP contribution in [0.5, 0.6) is 0 Å². The first-order valence-corrected chi connectivity index (χ1v) is 6.35. The molecule has 1 aliphatic heterocycles. The summed E-state index contributed by atoms with van der Waals surface area (Å²) in [6, 6.07) is -0.465. The Hall–Kier alpha value is -1.10. The molecule has 1 heterocycles. The molecular weight excluding hydrogens is 234 g/mol. The van der Waals surface area contributed by atoms with Crippen molar-refractivity contribution in [2.75, 3.05) is 0 Å². The van der Waals surface area contributed by atoms with Crippen LogP contribution in [0.25, 0.3) is 0 Å². The van der Waals surface area contributed by atoms with Gasteiger partial charge in [-0.25, -0.2) is 9.69 Å². The van der Waals surface area contributed by atoms with E-state index in [1.165, 1.54) is 0 Å². The highest BCUT2D eigenvalue weighted by atomic mass is 16.6. The highest BCUT2D eigenvalue weighted by Crippen LogP contribution is 2.27. The van der Waals surface area contributed by atoms with E-state index in [9.17, 15) is 14.7 Å². The molecule has 18 heavy (non-hydrogen) atoms. The summed E-state index contributed by atoms with van der Waals surface area (Å²) in [7, 11) is 0. The topological polar surface area (TPSA) is 66.8 Å². The molecule has 0 aromatic rings. The number of hydrogen-bond donors (Lipinski definition) is 1. The molecule has 1 rings (SSSR count). The Labute approximate surface area is 108 Å². The zero-order chi connectivity index (χ0) is 14.1. The second kappa shape index (κ2) is 5.26. The molecule has 0 bridgehead atoms. The van der Waals surface area contributed by atoms with Gasteiger partial charge in [0.05, 0.1) is 18.6 Å². The maximum atomic E-state index is 12.0. The van der Waals surface area contributed by atoms with Crippen molar-refractivity contribution in [1.29, 1.82) is 0 Å². The summed E-state index contributed by atoms with van der Waals surface area (Å²) in [5, 5.41) is 9.86. The maximum Gasteiger partial charge on any atom is 0.417 e. The van der Waals surface area contributed by atoms with Crippen LogP contribution in [0.4, 0.5) is 4.79 Å². The van der Waals surface area contributed by atoms with E-state index >= 15 is 0 Å². The van der Waals surface area contributed by atoms with Gasteiger partial charge in [-0.3, -0.25) is 4.79 Å². The highest BCUT2D eigenvalue weighted by Gasteiger charge is 2.44. The molecule has 5 heteroatoms. The van der Waals surface area contributed by atoms with E-state index in [1.807, 2.05) is 13.8 Å². The summed E-state index contributed by atoms with van der Waals surface area (Å²) in [4.78, 5) is 24.8. The Balaban J connectivity index is 2.82. The predicted octanol–water partition coefficient (Wildman–Crippen LogP) is 1.93. The molecule has 0 saturated carbocycles. The summed E-state index contributed by atoms with van der Waals surface area (Å²) >= 11 is 0. The van der Waals surface area contributed by atoms with Gasteiger partial charge < -0.3 is 9.84 Å². The second-order valence-corrected chi connectivity index (χ2v) is 6.21. The molecule has 104 valence electrons. The summed E-state index contributed by atoms with van der Waals surface area (Å²) in [6.45, 7) is 9.23. The van der Waals surface area contributed by atoms with Crippen LogP contribution in [0.1, 0.15) is 47.5 Å². The normalized spacial score (nSPS) is 24.8. The Bertz CT molecular complexity index is 332. The molecule has 0 spiro atoms. The van der Waals surface area contributed by atoms with Crippen LogP contribution in [0.2, 0.25) is 0 Å². The molecular formula is C13H23NO4. The Morgan fingerprint density at radius 2 is 2.06 bits per heavy atom. The lowest BCUT2D eigenvalue weighted by molar-refractivity contribution is -0.128. The molecule has 1 fully saturated rings. The van der Waals surface area contributed by atoms with Crippen molar-refractivity contribution in [2.24, 2.45) is 5.92 Å². The molecule has 2 amide bonds. The van der Waals surface area contributed by atoms with Gasteiger partial charge in [0.2, 0.25) is 5.91 Å². The number of rotatable bonds is 2. The number of imide groups is 1. The SMILES string of the molecule is CC(C)C[C@H]1[C@@H](O)CC(=O)N1C(=O)OC(C)(C)C. The summed E-state index contributed by atoms with van der Waals surface area (Å²) in [5.41, 5.74) is -0.646. The third-order valence-electron chi connectivity index (χ3n) is 2.73. The van der Waals surface area contributed by atoms with E-state index in [1.54, 1.807) is 20.8 Å². The quantitative estimate of drug-likeness (QED) is 0.820. The van der Waals surface area contributed by atoms with Crippen LogP contribution in [0.15, 0.2) is 0 Å². The summed E-state index contributed by atoms with van der Waals surface area (Å²) in [5.74, 6) is -0.0668. The van der Waals surface area contributed by atoms with Crippen molar-refractivity contribution in [3.05, 3.63) is 0 Å². The molecule has 0 unspecified atom stereocenters. The van der Waals surface area contributed by atoms with Gasteiger partial charge in [-0.15, -0.1) is 0 Å². The second-order valence-electron chi connectivity index (χ2n) is 6.21. The van der Waals surface area contributed by atoms with Crippen LogP contribution >= 0.6 is 0 Å². The minimum Gasteiger partial charge on any atom is -0.443 e. The standard InChI is InChI=1S/C13H23NO4/c1-8(2)6-9-10(15)7-11(16)14(9)12(17)18-13(3,4)5/h8-10,15H,6-7H2,1-5H3/t9-,10-/m0/s1. The van der Waals surface area contributed by atoms with Crippen molar-refractivity contribution in [3.63, 3.8) is 0 Å². The van der Waals surface area contributed by atoms with E-state index in [2.05, 4.69) is 0 Å². The van der Waals surface area contributed by atoms with Crippen LogP contribution in [-0.2, 0) is 9.53 Å². The van der Waals surface area contributed by atoms with Crippen LogP contribution < -0.4 is 0 Å². The van der Waals surface area contributed by atoms with E-state index < -0.39 is 23.8 Å². The van der Waals surface area contributed by atoms with Crippen LogP contribution in [0.3, 0.4) is 0 Å². The largest absolute Gasteiger partial charge is 0.443 e. The molecule has 0 aromatic heterocycles. The molecule has 0 aliphatic carbocycles. The molecule has 5 nitrogen and oxygen atoms in total. The van der Waals surface area contributed by atoms with Crippen molar-refractivity contribution >= 4 is 12.0 Å². The zero-order valence-corrected chi connectivity index (χ0v) is 11.8. The molecule has 1 saturated heterocycles. The average Bonchev–Trinajstić information content (AvgIpc) is 2.37. The lowest BCUT2D eigenvalue weighted by Crippen LogP contribution is -2.44.